The Morgan fingerprint density at radius 1 is 1.37 bits per heavy atom. The van der Waals surface area contributed by atoms with Crippen LogP contribution in [0, 0.1) is 5.92 Å². The molecule has 1 saturated heterocycles. The van der Waals surface area contributed by atoms with E-state index in [4.69, 9.17) is 4.74 Å². The van der Waals surface area contributed by atoms with Gasteiger partial charge in [0.25, 0.3) is 0 Å². The third kappa shape index (κ3) is 3.05. The van der Waals surface area contributed by atoms with Gasteiger partial charge in [0.15, 0.2) is 0 Å². The summed E-state index contributed by atoms with van der Waals surface area (Å²) in [5.74, 6) is 1.87. The summed E-state index contributed by atoms with van der Waals surface area (Å²) in [6.45, 7) is 7.97. The van der Waals surface area contributed by atoms with Crippen LogP contribution in [-0.2, 0) is 0 Å². The first-order chi connectivity index (χ1) is 9.15. The van der Waals surface area contributed by atoms with Crippen LogP contribution in [0.15, 0.2) is 0 Å². The Labute approximate surface area is 114 Å². The summed E-state index contributed by atoms with van der Waals surface area (Å²) in [6, 6.07) is 0.896. The summed E-state index contributed by atoms with van der Waals surface area (Å²) in [5, 5.41) is 2.96. The molecule has 2 rings (SSSR count). The lowest BCUT2D eigenvalue weighted by Crippen LogP contribution is -2.35. The molecule has 0 amide bonds. The summed E-state index contributed by atoms with van der Waals surface area (Å²) in [4.78, 5) is 15.4. The molecule has 1 aliphatic rings. The zero-order chi connectivity index (χ0) is 13.8. The quantitative estimate of drug-likeness (QED) is 0.877. The van der Waals surface area contributed by atoms with Crippen LogP contribution in [0.2, 0.25) is 0 Å². The van der Waals surface area contributed by atoms with Gasteiger partial charge in [0.1, 0.15) is 0 Å². The highest BCUT2D eigenvalue weighted by Gasteiger charge is 2.29. The largest absolute Gasteiger partial charge is 0.464 e. The van der Waals surface area contributed by atoms with E-state index in [1.54, 1.807) is 7.05 Å². The van der Waals surface area contributed by atoms with Crippen LogP contribution in [0.4, 0.5) is 11.9 Å². The molecule has 19 heavy (non-hydrogen) atoms. The predicted octanol–water partition coefficient (Wildman–Crippen LogP) is 1.94. The Morgan fingerprint density at radius 2 is 2.16 bits per heavy atom. The zero-order valence-electron chi connectivity index (χ0n) is 12.2. The molecule has 1 aromatic rings. The van der Waals surface area contributed by atoms with E-state index in [0.29, 0.717) is 30.5 Å². The summed E-state index contributed by atoms with van der Waals surface area (Å²) >= 11 is 0. The van der Waals surface area contributed by atoms with Gasteiger partial charge in [0.05, 0.1) is 6.61 Å². The van der Waals surface area contributed by atoms with Gasteiger partial charge in [-0.15, -0.1) is 0 Å². The van der Waals surface area contributed by atoms with Crippen molar-refractivity contribution in [2.75, 3.05) is 30.4 Å². The van der Waals surface area contributed by atoms with Gasteiger partial charge in [-0.1, -0.05) is 13.8 Å². The number of ether oxygens (including phenoxy) is 1. The first-order valence-electron chi connectivity index (χ1n) is 6.99. The van der Waals surface area contributed by atoms with Gasteiger partial charge < -0.3 is 15.0 Å². The minimum Gasteiger partial charge on any atom is -0.464 e. The molecule has 0 aliphatic carbocycles. The topological polar surface area (TPSA) is 63.2 Å². The molecule has 1 fully saturated rings. The maximum Gasteiger partial charge on any atom is 0.323 e. The highest BCUT2D eigenvalue weighted by atomic mass is 16.5. The third-order valence-electron chi connectivity index (χ3n) is 3.43. The van der Waals surface area contributed by atoms with Crippen molar-refractivity contribution in [2.24, 2.45) is 5.92 Å². The summed E-state index contributed by atoms with van der Waals surface area (Å²) in [7, 11) is 1.80. The van der Waals surface area contributed by atoms with Crippen molar-refractivity contribution < 1.29 is 4.74 Å². The van der Waals surface area contributed by atoms with Crippen LogP contribution in [0.3, 0.4) is 0 Å². The van der Waals surface area contributed by atoms with Crippen LogP contribution < -0.4 is 15.0 Å². The van der Waals surface area contributed by atoms with E-state index in [9.17, 15) is 0 Å². The fraction of sp³-hybridized carbons (Fsp3) is 0.769. The Morgan fingerprint density at radius 3 is 2.79 bits per heavy atom. The highest BCUT2D eigenvalue weighted by molar-refractivity contribution is 5.40. The average Bonchev–Trinajstić information content (AvgIpc) is 2.88. The lowest BCUT2D eigenvalue weighted by molar-refractivity contribution is 0.311. The van der Waals surface area contributed by atoms with Crippen molar-refractivity contribution in [3.8, 4) is 6.01 Å². The number of anilines is 2. The molecule has 0 bridgehead atoms. The van der Waals surface area contributed by atoms with Crippen LogP contribution in [0.25, 0.3) is 0 Å². The van der Waals surface area contributed by atoms with E-state index in [0.717, 1.165) is 12.5 Å². The molecule has 0 spiro atoms. The lowest BCUT2D eigenvalue weighted by Gasteiger charge is -2.27. The Bertz CT molecular complexity index is 423. The van der Waals surface area contributed by atoms with E-state index in [1.807, 2.05) is 6.92 Å². The molecule has 2 heterocycles. The van der Waals surface area contributed by atoms with Gasteiger partial charge in [0.2, 0.25) is 11.9 Å². The maximum absolute atomic E-state index is 5.42. The van der Waals surface area contributed by atoms with Crippen molar-refractivity contribution in [2.45, 2.75) is 39.7 Å². The standard InChI is InChI=1S/C13H23N5O/c1-5-19-13-16-11(14-4)15-12(17-13)18-8-6-7-10(18)9(2)3/h9-10H,5-8H2,1-4H3,(H,14,15,16,17). The molecular weight excluding hydrogens is 242 g/mol. The minimum absolute atomic E-state index is 0.395. The minimum atomic E-state index is 0.395. The van der Waals surface area contributed by atoms with E-state index in [1.165, 1.54) is 12.8 Å². The van der Waals surface area contributed by atoms with Crippen LogP contribution >= 0.6 is 0 Å². The number of hydrogen-bond donors (Lipinski definition) is 1. The van der Waals surface area contributed by atoms with Crippen molar-refractivity contribution in [1.82, 2.24) is 15.0 Å². The van der Waals surface area contributed by atoms with Gasteiger partial charge in [-0.05, 0) is 25.7 Å². The molecule has 0 aromatic carbocycles. The number of hydrogen-bond acceptors (Lipinski definition) is 6. The van der Waals surface area contributed by atoms with E-state index >= 15 is 0 Å². The molecule has 0 radical (unpaired) electrons. The fourth-order valence-electron chi connectivity index (χ4n) is 2.51. The molecule has 1 aliphatic heterocycles. The molecule has 6 nitrogen and oxygen atoms in total. The van der Waals surface area contributed by atoms with E-state index in [-0.39, 0.29) is 0 Å². The lowest BCUT2D eigenvalue weighted by atomic mass is 10.0. The number of nitrogens with one attached hydrogen (secondary N) is 1. The van der Waals surface area contributed by atoms with Crippen molar-refractivity contribution >= 4 is 11.9 Å². The van der Waals surface area contributed by atoms with Gasteiger partial charge in [-0.2, -0.15) is 15.0 Å². The number of nitrogens with zero attached hydrogens (tertiary/aromatic N) is 4. The van der Waals surface area contributed by atoms with Crippen molar-refractivity contribution in [3.63, 3.8) is 0 Å². The van der Waals surface area contributed by atoms with Crippen molar-refractivity contribution in [1.29, 1.82) is 0 Å². The SMILES string of the molecule is CCOc1nc(NC)nc(N2CCCC2C(C)C)n1. The van der Waals surface area contributed by atoms with Gasteiger partial charge in [-0.3, -0.25) is 0 Å². The molecule has 1 N–H and O–H groups in total. The Hall–Kier alpha value is -1.59. The molecular formula is C13H23N5O. The van der Waals surface area contributed by atoms with Gasteiger partial charge >= 0.3 is 6.01 Å². The van der Waals surface area contributed by atoms with E-state index in [2.05, 4.69) is 39.0 Å². The second kappa shape index (κ2) is 6.04. The van der Waals surface area contributed by atoms with Crippen LogP contribution in [0.5, 0.6) is 6.01 Å². The average molecular weight is 265 g/mol. The highest BCUT2D eigenvalue weighted by Crippen LogP contribution is 2.28. The smallest absolute Gasteiger partial charge is 0.323 e. The summed E-state index contributed by atoms with van der Waals surface area (Å²) in [6.07, 6.45) is 2.38. The third-order valence-corrected chi connectivity index (χ3v) is 3.43. The normalized spacial score (nSPS) is 19.0. The second-order valence-electron chi connectivity index (χ2n) is 5.07. The molecule has 1 atom stereocenters. The Kier molecular flexibility index (Phi) is 4.39. The number of rotatable bonds is 5. The first kappa shape index (κ1) is 13.8. The zero-order valence-corrected chi connectivity index (χ0v) is 12.2. The van der Waals surface area contributed by atoms with Gasteiger partial charge in [-0.25, -0.2) is 0 Å². The molecule has 106 valence electrons. The molecule has 0 saturated carbocycles. The summed E-state index contributed by atoms with van der Waals surface area (Å²) < 4.78 is 5.42. The maximum atomic E-state index is 5.42. The fourth-order valence-corrected chi connectivity index (χ4v) is 2.51. The second-order valence-corrected chi connectivity index (χ2v) is 5.07. The molecule has 6 heteroatoms. The predicted molar refractivity (Wildman–Crippen MR) is 75.7 cm³/mol. The van der Waals surface area contributed by atoms with Crippen LogP contribution in [-0.4, -0.2) is 41.2 Å². The van der Waals surface area contributed by atoms with Gasteiger partial charge in [0, 0.05) is 19.6 Å². The van der Waals surface area contributed by atoms with Crippen molar-refractivity contribution in [3.05, 3.63) is 0 Å². The molecule has 1 unspecified atom stereocenters. The van der Waals surface area contributed by atoms with Crippen LogP contribution in [0.1, 0.15) is 33.6 Å². The summed E-state index contributed by atoms with van der Waals surface area (Å²) in [5.41, 5.74) is 0. The monoisotopic (exact) mass is 265 g/mol. The molecule has 1 aromatic heterocycles. The number of aromatic nitrogens is 3. The van der Waals surface area contributed by atoms with E-state index < -0.39 is 0 Å². The Balaban J connectivity index is 2.29. The first-order valence-corrected chi connectivity index (χ1v) is 6.99.